The fraction of sp³-hybridized carbons (Fsp3) is 0.286. The quantitative estimate of drug-likeness (QED) is 0.713. The van der Waals surface area contributed by atoms with Crippen LogP contribution >= 0.6 is 0 Å². The van der Waals surface area contributed by atoms with Crippen molar-refractivity contribution in [1.29, 1.82) is 0 Å². The highest BCUT2D eigenvalue weighted by Crippen LogP contribution is 2.29. The Balaban J connectivity index is 1.57. The summed E-state index contributed by atoms with van der Waals surface area (Å²) in [4.78, 5) is 23.5. The highest BCUT2D eigenvalue weighted by Gasteiger charge is 2.27. The largest absolute Gasteiger partial charge is 0.481 e. The molecule has 1 aliphatic heterocycles. The highest BCUT2D eigenvalue weighted by atomic mass is 16.5. The number of aromatic nitrogens is 3. The minimum atomic E-state index is 0.0903. The molecule has 0 aliphatic carbocycles. The van der Waals surface area contributed by atoms with Crippen LogP contribution in [-0.4, -0.2) is 45.5 Å². The van der Waals surface area contributed by atoms with Crippen LogP contribution in [0.15, 0.2) is 61.1 Å². The molecule has 4 rings (SSSR count). The van der Waals surface area contributed by atoms with Crippen molar-refractivity contribution in [2.24, 2.45) is 0 Å². The predicted octanol–water partition coefficient (Wildman–Crippen LogP) is 3.43. The van der Waals surface area contributed by atoms with E-state index >= 15 is 0 Å². The van der Waals surface area contributed by atoms with Crippen LogP contribution < -0.4 is 4.74 Å². The van der Waals surface area contributed by atoms with Crippen molar-refractivity contribution < 1.29 is 9.53 Å². The van der Waals surface area contributed by atoms with E-state index < -0.39 is 0 Å². The molecule has 1 aliphatic rings. The van der Waals surface area contributed by atoms with E-state index in [0.717, 1.165) is 36.3 Å². The van der Waals surface area contributed by atoms with Gasteiger partial charge in [-0.3, -0.25) is 4.79 Å². The lowest BCUT2D eigenvalue weighted by Crippen LogP contribution is -2.40. The van der Waals surface area contributed by atoms with Gasteiger partial charge in [0.05, 0.1) is 13.2 Å². The van der Waals surface area contributed by atoms with Crippen LogP contribution in [0.2, 0.25) is 0 Å². The van der Waals surface area contributed by atoms with Crippen molar-refractivity contribution in [3.05, 3.63) is 66.6 Å². The van der Waals surface area contributed by atoms with Gasteiger partial charge in [0.2, 0.25) is 5.88 Å². The lowest BCUT2D eigenvalue weighted by atomic mass is 10.0. The number of nitrogens with zero attached hydrogens (tertiary/aromatic N) is 4. The molecule has 138 valence electrons. The first kappa shape index (κ1) is 17.3. The van der Waals surface area contributed by atoms with Gasteiger partial charge < -0.3 is 14.2 Å². The summed E-state index contributed by atoms with van der Waals surface area (Å²) in [6.45, 7) is 1.47. The Hall–Kier alpha value is -3.15. The van der Waals surface area contributed by atoms with Crippen molar-refractivity contribution in [1.82, 2.24) is 19.4 Å². The maximum absolute atomic E-state index is 12.8. The van der Waals surface area contributed by atoms with Crippen LogP contribution in [0.4, 0.5) is 0 Å². The number of rotatable bonds is 4. The molecule has 1 fully saturated rings. The minimum absolute atomic E-state index is 0.0903. The first-order valence-electron chi connectivity index (χ1n) is 9.14. The lowest BCUT2D eigenvalue weighted by molar-refractivity contribution is 0.0680. The monoisotopic (exact) mass is 362 g/mol. The van der Waals surface area contributed by atoms with Crippen molar-refractivity contribution >= 4 is 5.91 Å². The zero-order chi connectivity index (χ0) is 18.6. The molecule has 0 spiro atoms. The topological polar surface area (TPSA) is 60.2 Å². The third kappa shape index (κ3) is 3.56. The number of hydrogen-bond acceptors (Lipinski definition) is 4. The number of carbonyl (C=O) groups is 1. The molecule has 0 saturated carbocycles. The molecular formula is C21H22N4O2. The highest BCUT2D eigenvalue weighted by molar-refractivity contribution is 5.94. The number of pyridine rings is 1. The second kappa shape index (κ2) is 7.61. The zero-order valence-electron chi connectivity index (χ0n) is 15.3. The second-order valence-electron chi connectivity index (χ2n) is 6.66. The molecule has 1 unspecified atom stereocenters. The number of methoxy groups -OCH3 is 1. The summed E-state index contributed by atoms with van der Waals surface area (Å²) >= 11 is 0. The Labute approximate surface area is 158 Å². The van der Waals surface area contributed by atoms with Crippen LogP contribution in [0.5, 0.6) is 5.88 Å². The van der Waals surface area contributed by atoms with E-state index in [-0.39, 0.29) is 11.9 Å². The van der Waals surface area contributed by atoms with E-state index in [2.05, 4.69) is 14.5 Å². The number of amides is 1. The minimum Gasteiger partial charge on any atom is -0.481 e. The van der Waals surface area contributed by atoms with Gasteiger partial charge >= 0.3 is 0 Å². The van der Waals surface area contributed by atoms with Crippen LogP contribution in [0, 0.1) is 0 Å². The van der Waals surface area contributed by atoms with Gasteiger partial charge in [-0.15, -0.1) is 0 Å². The number of benzene rings is 1. The van der Waals surface area contributed by atoms with E-state index in [1.54, 1.807) is 19.5 Å². The molecular weight excluding hydrogens is 340 g/mol. The summed E-state index contributed by atoms with van der Waals surface area (Å²) in [7, 11) is 1.60. The Morgan fingerprint density at radius 2 is 2.00 bits per heavy atom. The van der Waals surface area contributed by atoms with Crippen molar-refractivity contribution in [2.75, 3.05) is 20.2 Å². The molecule has 2 aromatic heterocycles. The third-order valence-corrected chi connectivity index (χ3v) is 4.97. The Morgan fingerprint density at radius 1 is 1.15 bits per heavy atom. The van der Waals surface area contributed by atoms with E-state index in [4.69, 9.17) is 4.74 Å². The molecule has 3 aromatic rings. The molecule has 0 radical (unpaired) electrons. The van der Waals surface area contributed by atoms with Crippen molar-refractivity contribution in [3.63, 3.8) is 0 Å². The van der Waals surface area contributed by atoms with Crippen LogP contribution in [0.1, 0.15) is 29.2 Å². The average Bonchev–Trinajstić information content (AvgIpc) is 3.24. The van der Waals surface area contributed by atoms with E-state index in [1.807, 2.05) is 53.6 Å². The normalized spacial score (nSPS) is 16.9. The summed E-state index contributed by atoms with van der Waals surface area (Å²) in [5.41, 5.74) is 1.70. The zero-order valence-corrected chi connectivity index (χ0v) is 15.3. The predicted molar refractivity (Wildman–Crippen MR) is 103 cm³/mol. The summed E-state index contributed by atoms with van der Waals surface area (Å²) in [6.07, 6.45) is 7.51. The molecule has 0 N–H and O–H groups in total. The van der Waals surface area contributed by atoms with Gasteiger partial charge in [0.25, 0.3) is 5.91 Å². The number of hydrogen-bond donors (Lipinski definition) is 0. The summed E-state index contributed by atoms with van der Waals surface area (Å²) in [5, 5.41) is 0. The van der Waals surface area contributed by atoms with E-state index in [0.29, 0.717) is 12.4 Å². The number of piperidine rings is 1. The second-order valence-corrected chi connectivity index (χ2v) is 6.66. The number of imidazole rings is 1. The van der Waals surface area contributed by atoms with Crippen molar-refractivity contribution in [2.45, 2.75) is 18.9 Å². The van der Waals surface area contributed by atoms with Gasteiger partial charge in [-0.05, 0) is 31.0 Å². The van der Waals surface area contributed by atoms with Gasteiger partial charge in [0.1, 0.15) is 5.82 Å². The van der Waals surface area contributed by atoms with Gasteiger partial charge in [0, 0.05) is 48.9 Å². The van der Waals surface area contributed by atoms with E-state index in [1.165, 1.54) is 0 Å². The maximum Gasteiger partial charge on any atom is 0.253 e. The Bertz CT molecular complexity index is 923. The van der Waals surface area contributed by atoms with Crippen LogP contribution in [0.25, 0.3) is 11.4 Å². The molecule has 1 saturated heterocycles. The summed E-state index contributed by atoms with van der Waals surface area (Å²) in [5.74, 6) is 1.52. The number of ether oxygens (including phenoxy) is 1. The molecule has 27 heavy (non-hydrogen) atoms. The third-order valence-electron chi connectivity index (χ3n) is 4.97. The Kier molecular flexibility index (Phi) is 4.87. The van der Waals surface area contributed by atoms with Crippen LogP contribution in [0.3, 0.4) is 0 Å². The molecule has 0 bridgehead atoms. The van der Waals surface area contributed by atoms with E-state index in [9.17, 15) is 4.79 Å². The average molecular weight is 362 g/mol. The maximum atomic E-state index is 12.8. The molecule has 6 nitrogen and oxygen atoms in total. The van der Waals surface area contributed by atoms with Gasteiger partial charge in [-0.1, -0.05) is 18.2 Å². The van der Waals surface area contributed by atoms with Gasteiger partial charge in [0.15, 0.2) is 0 Å². The van der Waals surface area contributed by atoms with Crippen LogP contribution in [-0.2, 0) is 0 Å². The molecule has 1 atom stereocenters. The molecule has 3 heterocycles. The van der Waals surface area contributed by atoms with Crippen molar-refractivity contribution in [3.8, 4) is 17.3 Å². The smallest absolute Gasteiger partial charge is 0.253 e. The number of carbonyl (C=O) groups excluding carboxylic acids is 1. The lowest BCUT2D eigenvalue weighted by Gasteiger charge is -2.34. The molecule has 6 heteroatoms. The SMILES string of the molecule is COc1cc(-c2nccn2C2CCCN(C(=O)c3ccccc3)C2)ccn1. The first-order valence-corrected chi connectivity index (χ1v) is 9.14. The number of likely N-dealkylation sites (tertiary alicyclic amines) is 1. The molecule has 1 aromatic carbocycles. The van der Waals surface area contributed by atoms with Gasteiger partial charge in [-0.2, -0.15) is 0 Å². The van der Waals surface area contributed by atoms with Gasteiger partial charge in [-0.25, -0.2) is 9.97 Å². The summed E-state index contributed by atoms with van der Waals surface area (Å²) < 4.78 is 7.40. The fourth-order valence-electron chi connectivity index (χ4n) is 3.62. The summed E-state index contributed by atoms with van der Waals surface area (Å²) in [6, 6.07) is 13.5. The molecule has 1 amide bonds. The standard InChI is InChI=1S/C21H22N4O2/c1-27-19-14-17(9-10-22-19)20-23-11-13-25(20)18-8-5-12-24(15-18)21(26)16-6-3-2-4-7-16/h2-4,6-7,9-11,13-14,18H,5,8,12,15H2,1H3. The first-order chi connectivity index (χ1) is 13.3. The Morgan fingerprint density at radius 3 is 2.81 bits per heavy atom. The fourth-order valence-corrected chi connectivity index (χ4v) is 3.62.